The van der Waals surface area contributed by atoms with E-state index >= 15 is 0 Å². The van der Waals surface area contributed by atoms with Crippen molar-refractivity contribution in [3.8, 4) is 0 Å². The van der Waals surface area contributed by atoms with Gasteiger partial charge in [0.05, 0.1) is 0 Å². The molecule has 0 radical (unpaired) electrons. The van der Waals surface area contributed by atoms with Gasteiger partial charge in [-0.05, 0) is 79.6 Å². The smallest absolute Gasteiger partial charge is 0.303 e. The number of aliphatic hydroxyl groups is 1. The number of rotatable bonds is 2. The number of carbonyl (C=O) groups excluding carboxylic acids is 1. The molecule has 2 saturated carbocycles. The van der Waals surface area contributed by atoms with Gasteiger partial charge in [-0.25, -0.2) is 0 Å². The third-order valence-corrected chi connectivity index (χ3v) is 8.07. The fourth-order valence-corrected chi connectivity index (χ4v) is 6.37. The molecule has 142 valence electrons. The molecule has 0 spiro atoms. The number of esters is 1. The highest BCUT2D eigenvalue weighted by atomic mass is 16.5. The molecule has 0 aromatic rings. The zero-order valence-electron chi connectivity index (χ0n) is 16.7. The second kappa shape index (κ2) is 6.72. The largest absolute Gasteiger partial charge is 0.458 e. The Morgan fingerprint density at radius 3 is 2.60 bits per heavy atom. The summed E-state index contributed by atoms with van der Waals surface area (Å²) >= 11 is 0. The van der Waals surface area contributed by atoms with Gasteiger partial charge in [0.15, 0.2) is 0 Å². The summed E-state index contributed by atoms with van der Waals surface area (Å²) in [6.45, 7) is 11.3. The molecule has 0 aliphatic heterocycles. The molecule has 0 unspecified atom stereocenters. The van der Waals surface area contributed by atoms with Crippen LogP contribution in [0.4, 0.5) is 0 Å². The van der Waals surface area contributed by atoms with Crippen molar-refractivity contribution in [2.24, 2.45) is 28.6 Å². The highest BCUT2D eigenvalue weighted by Crippen LogP contribution is 2.59. The molecule has 5 atom stereocenters. The number of carbonyl (C=O) groups is 1. The van der Waals surface area contributed by atoms with Crippen LogP contribution in [0.15, 0.2) is 11.1 Å². The molecule has 0 aromatic heterocycles. The lowest BCUT2D eigenvalue weighted by atomic mass is 9.51. The SMILES string of the molecule is CC(=O)O[C@H]1C[C@H]2C[C@@H]3[C@H](CO)CCC[C@@]3(C)CCC(=C1C)C2(C)C. The lowest BCUT2D eigenvalue weighted by molar-refractivity contribution is -0.146. The van der Waals surface area contributed by atoms with Crippen molar-refractivity contribution in [3.05, 3.63) is 11.1 Å². The molecule has 3 aliphatic carbocycles. The zero-order valence-corrected chi connectivity index (χ0v) is 16.7. The van der Waals surface area contributed by atoms with Gasteiger partial charge >= 0.3 is 5.97 Å². The van der Waals surface area contributed by atoms with Gasteiger partial charge in [-0.1, -0.05) is 32.8 Å². The quantitative estimate of drug-likeness (QED) is 0.571. The Morgan fingerprint density at radius 2 is 1.96 bits per heavy atom. The monoisotopic (exact) mass is 348 g/mol. The first-order valence-corrected chi connectivity index (χ1v) is 10.2. The maximum absolute atomic E-state index is 11.6. The molecule has 0 saturated heterocycles. The molecule has 2 fully saturated rings. The third kappa shape index (κ3) is 3.29. The van der Waals surface area contributed by atoms with Crippen molar-refractivity contribution in [3.63, 3.8) is 0 Å². The molecule has 0 aromatic carbocycles. The van der Waals surface area contributed by atoms with Crippen LogP contribution in [-0.2, 0) is 9.53 Å². The zero-order chi connectivity index (χ0) is 18.4. The van der Waals surface area contributed by atoms with Crippen LogP contribution in [0.3, 0.4) is 0 Å². The van der Waals surface area contributed by atoms with E-state index < -0.39 is 0 Å². The average molecular weight is 349 g/mol. The number of fused-ring (bicyclic) bond motifs is 3. The summed E-state index contributed by atoms with van der Waals surface area (Å²) in [4.78, 5) is 11.6. The maximum atomic E-state index is 11.6. The van der Waals surface area contributed by atoms with E-state index in [1.807, 2.05) is 0 Å². The first-order valence-electron chi connectivity index (χ1n) is 10.2. The van der Waals surface area contributed by atoms with Crippen LogP contribution < -0.4 is 0 Å². The van der Waals surface area contributed by atoms with Crippen molar-refractivity contribution in [2.75, 3.05) is 6.61 Å². The fourth-order valence-electron chi connectivity index (χ4n) is 6.37. The third-order valence-electron chi connectivity index (χ3n) is 8.07. The van der Waals surface area contributed by atoms with Crippen molar-refractivity contribution >= 4 is 5.97 Å². The van der Waals surface area contributed by atoms with Crippen LogP contribution in [-0.4, -0.2) is 23.8 Å². The molecule has 3 nitrogen and oxygen atoms in total. The summed E-state index contributed by atoms with van der Waals surface area (Å²) in [7, 11) is 0. The lowest BCUT2D eigenvalue weighted by Crippen LogP contribution is -2.47. The summed E-state index contributed by atoms with van der Waals surface area (Å²) in [6, 6.07) is 0. The molecule has 3 aliphatic rings. The van der Waals surface area contributed by atoms with E-state index in [1.54, 1.807) is 0 Å². The van der Waals surface area contributed by atoms with E-state index in [-0.39, 0.29) is 17.5 Å². The molecule has 2 bridgehead atoms. The Kier molecular flexibility index (Phi) is 5.09. The number of hydrogen-bond donors (Lipinski definition) is 1. The minimum absolute atomic E-state index is 0.0500. The normalized spacial score (nSPS) is 40.7. The van der Waals surface area contributed by atoms with E-state index in [9.17, 15) is 9.90 Å². The fraction of sp³-hybridized carbons (Fsp3) is 0.864. The number of aliphatic hydroxyl groups excluding tert-OH is 1. The molecule has 25 heavy (non-hydrogen) atoms. The minimum Gasteiger partial charge on any atom is -0.458 e. The molecule has 1 N–H and O–H groups in total. The number of hydrogen-bond acceptors (Lipinski definition) is 3. The predicted molar refractivity (Wildman–Crippen MR) is 100 cm³/mol. The summed E-state index contributed by atoms with van der Waals surface area (Å²) in [6.07, 6.45) is 8.06. The van der Waals surface area contributed by atoms with Gasteiger partial charge in [0.25, 0.3) is 0 Å². The number of allylic oxidation sites excluding steroid dienone is 1. The van der Waals surface area contributed by atoms with Crippen molar-refractivity contribution in [1.82, 2.24) is 0 Å². The Hall–Kier alpha value is -0.830. The van der Waals surface area contributed by atoms with Crippen LogP contribution in [0.5, 0.6) is 0 Å². The van der Waals surface area contributed by atoms with Gasteiger partial charge in [-0.2, -0.15) is 0 Å². The molecule has 0 heterocycles. The van der Waals surface area contributed by atoms with E-state index in [0.717, 1.165) is 19.3 Å². The molecular formula is C22H36O3. The lowest BCUT2D eigenvalue weighted by Gasteiger charge is -2.54. The predicted octanol–water partition coefficient (Wildman–Crippen LogP) is 4.88. The van der Waals surface area contributed by atoms with E-state index in [2.05, 4.69) is 27.7 Å². The van der Waals surface area contributed by atoms with Gasteiger partial charge in [-0.15, -0.1) is 0 Å². The molecule has 3 heteroatoms. The van der Waals surface area contributed by atoms with Crippen LogP contribution in [0, 0.1) is 28.6 Å². The van der Waals surface area contributed by atoms with Crippen molar-refractivity contribution < 1.29 is 14.6 Å². The second-order valence-electron chi connectivity index (χ2n) is 9.75. The average Bonchev–Trinajstić information content (AvgIpc) is 2.52. The van der Waals surface area contributed by atoms with E-state index in [1.165, 1.54) is 43.8 Å². The highest BCUT2D eigenvalue weighted by Gasteiger charge is 2.50. The summed E-state index contributed by atoms with van der Waals surface area (Å²) in [5.41, 5.74) is 3.34. The van der Waals surface area contributed by atoms with Crippen molar-refractivity contribution in [1.29, 1.82) is 0 Å². The molecular weight excluding hydrogens is 312 g/mol. The summed E-state index contributed by atoms with van der Waals surface area (Å²) < 4.78 is 5.70. The number of ether oxygens (including phenoxy) is 1. The van der Waals surface area contributed by atoms with Crippen LogP contribution in [0.25, 0.3) is 0 Å². The van der Waals surface area contributed by atoms with Crippen LogP contribution >= 0.6 is 0 Å². The molecule has 0 amide bonds. The first kappa shape index (κ1) is 18.9. The first-order chi connectivity index (χ1) is 11.7. The van der Waals surface area contributed by atoms with E-state index in [0.29, 0.717) is 29.8 Å². The van der Waals surface area contributed by atoms with Gasteiger partial charge in [0.2, 0.25) is 0 Å². The van der Waals surface area contributed by atoms with E-state index in [4.69, 9.17) is 4.74 Å². The topological polar surface area (TPSA) is 46.5 Å². The second-order valence-corrected chi connectivity index (χ2v) is 9.75. The Labute approximate surface area is 153 Å². The summed E-state index contributed by atoms with van der Waals surface area (Å²) in [5.74, 6) is 1.38. The Morgan fingerprint density at radius 1 is 1.24 bits per heavy atom. The van der Waals surface area contributed by atoms with Gasteiger partial charge in [0.1, 0.15) is 6.10 Å². The Balaban J connectivity index is 1.99. The van der Waals surface area contributed by atoms with Gasteiger partial charge in [-0.3, -0.25) is 4.79 Å². The Bertz CT molecular complexity index is 562. The summed E-state index contributed by atoms with van der Waals surface area (Å²) in [5, 5.41) is 10.00. The van der Waals surface area contributed by atoms with Gasteiger partial charge in [0, 0.05) is 13.5 Å². The maximum Gasteiger partial charge on any atom is 0.303 e. The van der Waals surface area contributed by atoms with Crippen molar-refractivity contribution in [2.45, 2.75) is 85.7 Å². The van der Waals surface area contributed by atoms with Gasteiger partial charge < -0.3 is 9.84 Å². The minimum atomic E-state index is -0.171. The standard InChI is InChI=1S/C22H36O3/c1-14-18-8-10-22(5)9-6-7-16(13-23)19(22)11-17(21(18,3)4)12-20(14)25-15(2)24/h16-17,19-20,23H,6-13H2,1-5H3/t16-,17+,19+,20-,22-/m0/s1. The molecule has 3 rings (SSSR count). The highest BCUT2D eigenvalue weighted by molar-refractivity contribution is 5.66. The van der Waals surface area contributed by atoms with Crippen LogP contribution in [0.1, 0.15) is 79.6 Å². The van der Waals surface area contributed by atoms with Crippen LogP contribution in [0.2, 0.25) is 0 Å².